The van der Waals surface area contributed by atoms with Gasteiger partial charge in [-0.2, -0.15) is 0 Å². The number of aliphatic hydroxyl groups is 1. The van der Waals surface area contributed by atoms with Crippen molar-refractivity contribution in [3.05, 3.63) is 70.7 Å². The normalized spacial score (nSPS) is 11.5. The van der Waals surface area contributed by atoms with Crippen LogP contribution in [0.15, 0.2) is 42.6 Å². The van der Waals surface area contributed by atoms with E-state index in [-0.39, 0.29) is 6.61 Å². The molecule has 6 heteroatoms. The number of nitrogens with two attached hydrogens (primary N) is 1. The molecule has 0 radical (unpaired) electrons. The third-order valence-electron chi connectivity index (χ3n) is 4.81. The van der Waals surface area contributed by atoms with Crippen molar-refractivity contribution >= 4 is 5.82 Å². The van der Waals surface area contributed by atoms with E-state index in [1.54, 1.807) is 24.2 Å². The maximum atomic E-state index is 7.57. The molecule has 0 spiro atoms. The highest BCUT2D eigenvalue weighted by Gasteiger charge is 2.12. The summed E-state index contributed by atoms with van der Waals surface area (Å²) in [4.78, 5) is 12.9. The summed E-state index contributed by atoms with van der Waals surface area (Å²) in [7, 11) is 0. The molecule has 3 aromatic rings. The quantitative estimate of drug-likeness (QED) is 0.624. The van der Waals surface area contributed by atoms with Crippen LogP contribution >= 0.6 is 0 Å². The van der Waals surface area contributed by atoms with Crippen LogP contribution in [0.5, 0.6) is 11.8 Å². The second kappa shape index (κ2) is 12.6. The zero-order valence-electron chi connectivity index (χ0n) is 19.1. The van der Waals surface area contributed by atoms with E-state index in [1.165, 1.54) is 19.3 Å². The Morgan fingerprint density at radius 1 is 0.968 bits per heavy atom. The van der Waals surface area contributed by atoms with Crippen LogP contribution in [0, 0.1) is 6.92 Å². The van der Waals surface area contributed by atoms with Crippen LogP contribution in [0.25, 0.3) is 0 Å². The summed E-state index contributed by atoms with van der Waals surface area (Å²) < 4.78 is 5.74. The molecule has 0 saturated carbocycles. The van der Waals surface area contributed by atoms with E-state index in [1.807, 2.05) is 32.9 Å². The van der Waals surface area contributed by atoms with E-state index in [4.69, 9.17) is 15.6 Å². The van der Waals surface area contributed by atoms with E-state index < -0.39 is 0 Å². The van der Waals surface area contributed by atoms with E-state index in [0.29, 0.717) is 24.0 Å². The highest BCUT2D eigenvalue weighted by Crippen LogP contribution is 2.24. The molecule has 0 atom stereocenters. The Hall–Kier alpha value is -2.99. The van der Waals surface area contributed by atoms with Crippen molar-refractivity contribution in [3.63, 3.8) is 0 Å². The Labute approximate surface area is 185 Å². The molecule has 1 aliphatic rings. The van der Waals surface area contributed by atoms with Crippen LogP contribution in [0.4, 0.5) is 5.82 Å². The van der Waals surface area contributed by atoms with E-state index in [2.05, 4.69) is 39.2 Å². The Morgan fingerprint density at radius 2 is 1.58 bits per heavy atom. The van der Waals surface area contributed by atoms with E-state index in [9.17, 15) is 0 Å². The Balaban J connectivity index is 0.000000234. The number of hydrogen-bond donors (Lipinski definition) is 2. The van der Waals surface area contributed by atoms with Gasteiger partial charge >= 0.3 is 0 Å². The minimum atomic E-state index is 0.250. The Morgan fingerprint density at radius 3 is 2.13 bits per heavy atom. The summed E-state index contributed by atoms with van der Waals surface area (Å²) in [6.45, 7) is 7.90. The van der Waals surface area contributed by atoms with Crippen molar-refractivity contribution in [1.82, 2.24) is 15.0 Å². The molecule has 1 aliphatic carbocycles. The number of pyridine rings is 1. The van der Waals surface area contributed by atoms with Gasteiger partial charge in [0.2, 0.25) is 11.8 Å². The lowest BCUT2D eigenvalue weighted by atomic mass is 10.1. The summed E-state index contributed by atoms with van der Waals surface area (Å²) in [5, 5.41) is 7.57. The zero-order valence-corrected chi connectivity index (χ0v) is 19.1. The van der Waals surface area contributed by atoms with Crippen molar-refractivity contribution in [2.24, 2.45) is 0 Å². The molecule has 2 aromatic heterocycles. The van der Waals surface area contributed by atoms with Gasteiger partial charge in [0.15, 0.2) is 0 Å². The van der Waals surface area contributed by atoms with Gasteiger partial charge in [-0.15, -0.1) is 0 Å². The van der Waals surface area contributed by atoms with Gasteiger partial charge in [-0.05, 0) is 68.7 Å². The lowest BCUT2D eigenvalue weighted by Crippen LogP contribution is -2.06. The minimum absolute atomic E-state index is 0.250. The lowest BCUT2D eigenvalue weighted by Gasteiger charge is -2.11. The molecule has 0 fully saturated rings. The van der Waals surface area contributed by atoms with Gasteiger partial charge in [-0.3, -0.25) is 0 Å². The Kier molecular flexibility index (Phi) is 9.91. The van der Waals surface area contributed by atoms with Crippen LogP contribution in [-0.4, -0.2) is 26.7 Å². The summed E-state index contributed by atoms with van der Waals surface area (Å²) in [5.41, 5.74) is 11.6. The number of nitrogen functional groups attached to an aromatic ring is 1. The van der Waals surface area contributed by atoms with Crippen molar-refractivity contribution in [1.29, 1.82) is 0 Å². The molecule has 1 aromatic carbocycles. The fraction of sp³-hybridized carbons (Fsp3) is 0.400. The van der Waals surface area contributed by atoms with Crippen molar-refractivity contribution in [3.8, 4) is 11.8 Å². The second-order valence-corrected chi connectivity index (χ2v) is 7.23. The van der Waals surface area contributed by atoms with Crippen LogP contribution in [0.2, 0.25) is 0 Å². The molecule has 31 heavy (non-hydrogen) atoms. The van der Waals surface area contributed by atoms with Gasteiger partial charge in [-0.1, -0.05) is 38.1 Å². The maximum absolute atomic E-state index is 7.57. The Bertz CT molecular complexity index is 937. The summed E-state index contributed by atoms with van der Waals surface area (Å²) in [6, 6.07) is 12.5. The predicted octanol–water partition coefficient (Wildman–Crippen LogP) is 4.85. The van der Waals surface area contributed by atoms with Crippen LogP contribution in [0.3, 0.4) is 0 Å². The van der Waals surface area contributed by atoms with E-state index in [0.717, 1.165) is 23.4 Å². The third-order valence-corrected chi connectivity index (χ3v) is 4.81. The number of ether oxygens (including phenoxy) is 1. The molecule has 4 rings (SSSR count). The average Bonchev–Trinajstić information content (AvgIpc) is 3.25. The number of aliphatic hydroxyl groups excluding tert-OH is 1. The second-order valence-electron chi connectivity index (χ2n) is 7.23. The average molecular weight is 423 g/mol. The largest absolute Gasteiger partial charge is 0.419 e. The summed E-state index contributed by atoms with van der Waals surface area (Å²) in [6.07, 6.45) is 7.11. The first-order chi connectivity index (χ1) is 15.0. The van der Waals surface area contributed by atoms with Gasteiger partial charge in [-0.25, -0.2) is 15.0 Å². The molecule has 3 N–H and O–H groups in total. The first-order valence-electron chi connectivity index (χ1n) is 11.0. The number of fused-ring (bicyclic) bond motifs is 1. The highest BCUT2D eigenvalue weighted by atomic mass is 16.5. The number of nitrogens with zero attached hydrogens (tertiary/aromatic N) is 3. The monoisotopic (exact) mass is 422 g/mol. The number of benzene rings is 1. The van der Waals surface area contributed by atoms with Gasteiger partial charge in [0.1, 0.15) is 11.5 Å². The van der Waals surface area contributed by atoms with Gasteiger partial charge in [0, 0.05) is 18.9 Å². The van der Waals surface area contributed by atoms with Crippen molar-refractivity contribution < 1.29 is 9.84 Å². The highest BCUT2D eigenvalue weighted by molar-refractivity contribution is 5.40. The SMILES string of the molecule is CCO.CCc1nc(Oc2cc(C)ccn2)c(CC)nc1N.c1ccc2c(c1)CCC2. The number of aromatic nitrogens is 3. The minimum Gasteiger partial charge on any atom is -0.419 e. The predicted molar refractivity (Wildman–Crippen MR) is 125 cm³/mol. The molecule has 166 valence electrons. The molecule has 0 amide bonds. The van der Waals surface area contributed by atoms with Gasteiger partial charge in [0.05, 0.1) is 5.69 Å². The number of rotatable bonds is 4. The van der Waals surface area contributed by atoms with Gasteiger partial charge in [0.25, 0.3) is 0 Å². The topological polar surface area (TPSA) is 94.2 Å². The smallest absolute Gasteiger partial charge is 0.243 e. The molecule has 0 saturated heterocycles. The standard InChI is InChI=1S/C14H18N4O.C9H10.C2H6O/c1-4-10-13(15)17-11(5-2)14(18-10)19-12-8-9(3)6-7-16-12;1-2-5-9-7-3-6-8(9)4-1;1-2-3/h6-8H,4-5H2,1-3H3,(H2,15,17);1-2,4-5H,3,6-7H2;3H,2H2,1H3. The first-order valence-corrected chi connectivity index (χ1v) is 11.0. The summed E-state index contributed by atoms with van der Waals surface area (Å²) in [5.74, 6) is 1.49. The molecule has 0 aliphatic heterocycles. The number of aryl methyl sites for hydroxylation is 5. The molecule has 0 unspecified atom stereocenters. The molecular formula is C25H34N4O2. The van der Waals surface area contributed by atoms with Crippen molar-refractivity contribution in [2.45, 2.75) is 59.8 Å². The van der Waals surface area contributed by atoms with Crippen LogP contribution in [0.1, 0.15) is 55.3 Å². The third kappa shape index (κ3) is 7.33. The molecule has 0 bridgehead atoms. The summed E-state index contributed by atoms with van der Waals surface area (Å²) >= 11 is 0. The fourth-order valence-corrected chi connectivity index (χ4v) is 3.25. The first kappa shape index (κ1) is 24.3. The zero-order chi connectivity index (χ0) is 22.6. The lowest BCUT2D eigenvalue weighted by molar-refractivity contribution is 0.318. The van der Waals surface area contributed by atoms with Crippen molar-refractivity contribution in [2.75, 3.05) is 12.3 Å². The maximum Gasteiger partial charge on any atom is 0.243 e. The molecule has 6 nitrogen and oxygen atoms in total. The molecule has 2 heterocycles. The van der Waals surface area contributed by atoms with Crippen LogP contribution < -0.4 is 10.5 Å². The van der Waals surface area contributed by atoms with E-state index >= 15 is 0 Å². The number of anilines is 1. The number of hydrogen-bond acceptors (Lipinski definition) is 6. The van der Waals surface area contributed by atoms with Crippen LogP contribution in [-0.2, 0) is 25.7 Å². The molecular weight excluding hydrogens is 388 g/mol. The van der Waals surface area contributed by atoms with Gasteiger partial charge < -0.3 is 15.6 Å². The fourth-order valence-electron chi connectivity index (χ4n) is 3.25.